The lowest BCUT2D eigenvalue weighted by Gasteiger charge is -2.04. The monoisotopic (exact) mass is 438 g/mol. The van der Waals surface area contributed by atoms with E-state index in [0.717, 1.165) is 28.7 Å². The summed E-state index contributed by atoms with van der Waals surface area (Å²) in [5.74, 6) is -2.76. The van der Waals surface area contributed by atoms with Gasteiger partial charge in [0.1, 0.15) is 5.65 Å². The number of aromatic amines is 1. The zero-order chi connectivity index (χ0) is 22.7. The van der Waals surface area contributed by atoms with Gasteiger partial charge in [0.05, 0.1) is 12.7 Å². The predicted molar refractivity (Wildman–Crippen MR) is 114 cm³/mol. The largest absolute Gasteiger partial charge is 0.490 e. The number of fused-ring (bicyclic) bond motifs is 2. The van der Waals surface area contributed by atoms with Gasteiger partial charge >= 0.3 is 12.1 Å². The SMILES string of the molecule is O=C(O)C(F)(F)F.c1ccc2cc(Cn3cc(-c4ccnc5[nH]ccc45)cn3)ccc2c1. The number of H-pyrrole nitrogens is 1. The average molecular weight is 438 g/mol. The van der Waals surface area contributed by atoms with Crippen molar-refractivity contribution in [1.82, 2.24) is 19.7 Å². The predicted octanol–water partition coefficient (Wildman–Crippen LogP) is 5.26. The number of aliphatic carboxylic acids is 1. The first-order valence-corrected chi connectivity index (χ1v) is 9.54. The van der Waals surface area contributed by atoms with E-state index in [-0.39, 0.29) is 0 Å². The van der Waals surface area contributed by atoms with E-state index in [1.54, 1.807) is 0 Å². The van der Waals surface area contributed by atoms with Gasteiger partial charge in [-0.25, -0.2) is 9.78 Å². The van der Waals surface area contributed by atoms with Gasteiger partial charge in [0.15, 0.2) is 0 Å². The van der Waals surface area contributed by atoms with E-state index in [0.29, 0.717) is 0 Å². The number of nitrogens with zero attached hydrogens (tertiary/aromatic N) is 3. The van der Waals surface area contributed by atoms with Crippen LogP contribution >= 0.6 is 0 Å². The summed E-state index contributed by atoms with van der Waals surface area (Å²) in [4.78, 5) is 16.4. The molecule has 0 saturated heterocycles. The number of carbonyl (C=O) groups is 1. The molecule has 0 radical (unpaired) electrons. The number of halogens is 3. The van der Waals surface area contributed by atoms with Crippen LogP contribution in [-0.4, -0.2) is 37.0 Å². The lowest BCUT2D eigenvalue weighted by Crippen LogP contribution is -2.21. The molecule has 9 heteroatoms. The van der Waals surface area contributed by atoms with E-state index in [4.69, 9.17) is 9.90 Å². The Labute approximate surface area is 179 Å². The number of hydrogen-bond acceptors (Lipinski definition) is 3. The number of hydrogen-bond donors (Lipinski definition) is 2. The molecule has 2 aromatic carbocycles. The third-order valence-electron chi connectivity index (χ3n) is 4.81. The fourth-order valence-electron chi connectivity index (χ4n) is 3.33. The van der Waals surface area contributed by atoms with Crippen LogP contribution in [-0.2, 0) is 11.3 Å². The number of carboxylic acids is 1. The second kappa shape index (κ2) is 8.54. The zero-order valence-corrected chi connectivity index (χ0v) is 16.5. The smallest absolute Gasteiger partial charge is 0.475 e. The number of alkyl halides is 3. The van der Waals surface area contributed by atoms with Crippen LogP contribution in [0.3, 0.4) is 0 Å². The minimum absolute atomic E-state index is 0.756. The summed E-state index contributed by atoms with van der Waals surface area (Å²) < 4.78 is 33.7. The molecule has 162 valence electrons. The minimum atomic E-state index is -5.08. The highest BCUT2D eigenvalue weighted by Crippen LogP contribution is 2.26. The molecule has 5 aromatic rings. The second-order valence-electron chi connectivity index (χ2n) is 7.01. The summed E-state index contributed by atoms with van der Waals surface area (Å²) in [5.41, 5.74) is 4.40. The highest BCUT2D eigenvalue weighted by molar-refractivity contribution is 5.92. The maximum Gasteiger partial charge on any atom is 0.490 e. The maximum atomic E-state index is 10.6. The summed E-state index contributed by atoms with van der Waals surface area (Å²) in [6.45, 7) is 0.756. The van der Waals surface area contributed by atoms with Crippen LogP contribution in [0.25, 0.3) is 32.9 Å². The molecule has 0 aliphatic heterocycles. The van der Waals surface area contributed by atoms with Crippen molar-refractivity contribution in [2.24, 2.45) is 0 Å². The fraction of sp³-hybridized carbons (Fsp3) is 0.0870. The van der Waals surface area contributed by atoms with Crippen LogP contribution < -0.4 is 0 Å². The first-order chi connectivity index (χ1) is 15.3. The molecule has 0 saturated carbocycles. The molecule has 0 bridgehead atoms. The molecule has 5 rings (SSSR count). The first kappa shape index (κ1) is 21.1. The average Bonchev–Trinajstić information content (AvgIpc) is 3.43. The van der Waals surface area contributed by atoms with Crippen LogP contribution in [0.2, 0.25) is 0 Å². The second-order valence-corrected chi connectivity index (χ2v) is 7.01. The molecule has 0 spiro atoms. The number of aromatic nitrogens is 4. The van der Waals surface area contributed by atoms with Gasteiger partial charge in [0.2, 0.25) is 0 Å². The third kappa shape index (κ3) is 4.61. The number of rotatable bonds is 3. The van der Waals surface area contributed by atoms with Crippen LogP contribution in [0, 0.1) is 0 Å². The molecule has 2 N–H and O–H groups in total. The molecule has 0 aliphatic rings. The number of benzene rings is 2. The van der Waals surface area contributed by atoms with Gasteiger partial charge in [-0.2, -0.15) is 18.3 Å². The van der Waals surface area contributed by atoms with Crippen molar-refractivity contribution >= 4 is 27.8 Å². The zero-order valence-electron chi connectivity index (χ0n) is 16.5. The Bertz CT molecular complexity index is 1390. The lowest BCUT2D eigenvalue weighted by atomic mass is 10.1. The van der Waals surface area contributed by atoms with Gasteiger partial charge in [-0.15, -0.1) is 0 Å². The van der Waals surface area contributed by atoms with Crippen molar-refractivity contribution in [3.8, 4) is 11.1 Å². The molecular weight excluding hydrogens is 421 g/mol. The Balaban J connectivity index is 0.000000307. The van der Waals surface area contributed by atoms with Crippen LogP contribution in [0.5, 0.6) is 0 Å². The summed E-state index contributed by atoms with van der Waals surface area (Å²) in [6, 6.07) is 19.1. The molecule has 32 heavy (non-hydrogen) atoms. The van der Waals surface area contributed by atoms with Gasteiger partial charge in [-0.05, 0) is 40.1 Å². The molecule has 0 unspecified atom stereocenters. The Morgan fingerprint density at radius 3 is 2.56 bits per heavy atom. The molecule has 0 aliphatic carbocycles. The summed E-state index contributed by atoms with van der Waals surface area (Å²) in [5, 5.41) is 15.3. The molecule has 3 heterocycles. The molecule has 6 nitrogen and oxygen atoms in total. The van der Waals surface area contributed by atoms with Crippen LogP contribution in [0.4, 0.5) is 13.2 Å². The number of nitrogens with one attached hydrogen (secondary N) is 1. The van der Waals surface area contributed by atoms with Gasteiger partial charge in [-0.1, -0.05) is 36.4 Å². The summed E-state index contributed by atoms with van der Waals surface area (Å²) in [7, 11) is 0. The molecule has 3 aromatic heterocycles. The van der Waals surface area contributed by atoms with Crippen LogP contribution in [0.15, 0.2) is 79.4 Å². The van der Waals surface area contributed by atoms with E-state index in [2.05, 4.69) is 69.8 Å². The standard InChI is InChI=1S/C21H16N4.C2HF3O2/c1-2-4-17-11-15(5-6-16(17)3-1)13-25-14-18(12-24-25)19-7-9-22-21-20(19)8-10-23-21;3-2(4,5)1(6)7/h1-12,14H,13H2,(H,22,23);(H,6,7). The van der Waals surface area contributed by atoms with Crippen molar-refractivity contribution in [2.45, 2.75) is 12.7 Å². The molecular formula is C23H17F3N4O2. The Kier molecular flexibility index (Phi) is 5.63. The number of carboxylic acid groups (broad SMARTS) is 1. The van der Waals surface area contributed by atoms with E-state index >= 15 is 0 Å². The maximum absolute atomic E-state index is 10.6. The highest BCUT2D eigenvalue weighted by Gasteiger charge is 2.38. The first-order valence-electron chi connectivity index (χ1n) is 9.54. The van der Waals surface area contributed by atoms with Crippen molar-refractivity contribution in [2.75, 3.05) is 0 Å². The van der Waals surface area contributed by atoms with Gasteiger partial charge in [-0.3, -0.25) is 4.68 Å². The Morgan fingerprint density at radius 1 is 1.06 bits per heavy atom. The van der Waals surface area contributed by atoms with E-state index in [1.165, 1.54) is 16.3 Å². The molecule has 0 fully saturated rings. The normalized spacial score (nSPS) is 11.3. The highest BCUT2D eigenvalue weighted by atomic mass is 19.4. The lowest BCUT2D eigenvalue weighted by molar-refractivity contribution is -0.192. The van der Waals surface area contributed by atoms with Gasteiger partial charge in [0, 0.05) is 29.5 Å². The van der Waals surface area contributed by atoms with Gasteiger partial charge < -0.3 is 10.1 Å². The Morgan fingerprint density at radius 2 is 1.81 bits per heavy atom. The number of pyridine rings is 1. The Hall–Kier alpha value is -4.14. The van der Waals surface area contributed by atoms with E-state index in [1.807, 2.05) is 29.3 Å². The third-order valence-corrected chi connectivity index (χ3v) is 4.81. The summed E-state index contributed by atoms with van der Waals surface area (Å²) in [6.07, 6.45) is 2.68. The van der Waals surface area contributed by atoms with Gasteiger partial charge in [0.25, 0.3) is 0 Å². The van der Waals surface area contributed by atoms with Crippen molar-refractivity contribution < 1.29 is 23.1 Å². The van der Waals surface area contributed by atoms with Crippen LogP contribution in [0.1, 0.15) is 5.56 Å². The van der Waals surface area contributed by atoms with Crippen molar-refractivity contribution in [3.63, 3.8) is 0 Å². The van der Waals surface area contributed by atoms with Crippen molar-refractivity contribution in [1.29, 1.82) is 0 Å². The molecule has 0 amide bonds. The quantitative estimate of drug-likeness (QED) is 0.402. The topological polar surface area (TPSA) is 83.8 Å². The van der Waals surface area contributed by atoms with E-state index < -0.39 is 12.1 Å². The molecule has 0 atom stereocenters. The summed E-state index contributed by atoms with van der Waals surface area (Å²) >= 11 is 0. The van der Waals surface area contributed by atoms with E-state index in [9.17, 15) is 13.2 Å². The fourth-order valence-corrected chi connectivity index (χ4v) is 3.33. The minimum Gasteiger partial charge on any atom is -0.475 e. The van der Waals surface area contributed by atoms with Crippen molar-refractivity contribution in [3.05, 3.63) is 84.9 Å².